The highest BCUT2D eigenvalue weighted by molar-refractivity contribution is 5.95. The number of benzene rings is 1. The Hall–Kier alpha value is -1.90. The zero-order valence-corrected chi connectivity index (χ0v) is 13.8. The SMILES string of the molecule is CCOC(=O)CC(=O)CC/C(C)=C/[C@H](C)Cc1ccccc1. The summed E-state index contributed by atoms with van der Waals surface area (Å²) in [6.45, 7) is 6.28. The molecule has 0 saturated carbocycles. The van der Waals surface area contributed by atoms with E-state index in [2.05, 4.69) is 25.1 Å². The van der Waals surface area contributed by atoms with Gasteiger partial charge in [-0.3, -0.25) is 9.59 Å². The quantitative estimate of drug-likeness (QED) is 0.391. The number of allylic oxidation sites excluding steroid dienone is 2. The number of Topliss-reactive ketones (excluding diaryl/α,β-unsaturated/α-hetero) is 1. The second-order valence-corrected chi connectivity index (χ2v) is 5.70. The third-order valence-corrected chi connectivity index (χ3v) is 3.41. The number of ketones is 1. The predicted molar refractivity (Wildman–Crippen MR) is 88.6 cm³/mol. The van der Waals surface area contributed by atoms with Crippen LogP contribution in [0.2, 0.25) is 0 Å². The molecule has 0 N–H and O–H groups in total. The minimum Gasteiger partial charge on any atom is -0.466 e. The predicted octanol–water partition coefficient (Wildman–Crippen LogP) is 4.11. The molecule has 22 heavy (non-hydrogen) atoms. The molecule has 3 heteroatoms. The first-order valence-electron chi connectivity index (χ1n) is 7.89. The Kier molecular flexibility index (Phi) is 8.19. The number of rotatable bonds is 9. The van der Waals surface area contributed by atoms with E-state index in [4.69, 9.17) is 4.74 Å². The van der Waals surface area contributed by atoms with Crippen LogP contribution in [-0.4, -0.2) is 18.4 Å². The average Bonchev–Trinajstić information content (AvgIpc) is 2.46. The molecule has 0 radical (unpaired) electrons. The summed E-state index contributed by atoms with van der Waals surface area (Å²) in [6.07, 6.45) is 4.21. The fraction of sp³-hybridized carbons (Fsp3) is 0.474. The zero-order chi connectivity index (χ0) is 16.4. The third kappa shape index (κ3) is 7.77. The molecule has 1 atom stereocenters. The molecule has 0 unspecified atom stereocenters. The molecule has 0 bridgehead atoms. The van der Waals surface area contributed by atoms with Gasteiger partial charge in [-0.2, -0.15) is 0 Å². The van der Waals surface area contributed by atoms with Gasteiger partial charge in [-0.15, -0.1) is 0 Å². The summed E-state index contributed by atoms with van der Waals surface area (Å²) in [4.78, 5) is 22.9. The average molecular weight is 302 g/mol. The molecule has 0 heterocycles. The van der Waals surface area contributed by atoms with Gasteiger partial charge in [0.15, 0.2) is 0 Å². The van der Waals surface area contributed by atoms with Gasteiger partial charge in [-0.1, -0.05) is 48.9 Å². The van der Waals surface area contributed by atoms with Crippen molar-refractivity contribution in [1.29, 1.82) is 0 Å². The van der Waals surface area contributed by atoms with E-state index < -0.39 is 5.97 Å². The first kappa shape index (κ1) is 18.1. The number of ether oxygens (including phenoxy) is 1. The Morgan fingerprint density at radius 2 is 1.86 bits per heavy atom. The van der Waals surface area contributed by atoms with Gasteiger partial charge in [0, 0.05) is 6.42 Å². The molecular weight excluding hydrogens is 276 g/mol. The van der Waals surface area contributed by atoms with Crippen LogP contribution < -0.4 is 0 Å². The normalized spacial score (nSPS) is 12.8. The summed E-state index contributed by atoms with van der Waals surface area (Å²) in [7, 11) is 0. The van der Waals surface area contributed by atoms with Crippen LogP contribution >= 0.6 is 0 Å². The van der Waals surface area contributed by atoms with Gasteiger partial charge >= 0.3 is 5.97 Å². The van der Waals surface area contributed by atoms with E-state index in [-0.39, 0.29) is 12.2 Å². The van der Waals surface area contributed by atoms with Crippen molar-refractivity contribution in [3.8, 4) is 0 Å². The van der Waals surface area contributed by atoms with Crippen molar-refractivity contribution in [1.82, 2.24) is 0 Å². The first-order valence-corrected chi connectivity index (χ1v) is 7.89. The van der Waals surface area contributed by atoms with Gasteiger partial charge in [-0.05, 0) is 38.2 Å². The van der Waals surface area contributed by atoms with Gasteiger partial charge in [0.2, 0.25) is 0 Å². The molecule has 0 aromatic heterocycles. The van der Waals surface area contributed by atoms with E-state index in [0.29, 0.717) is 25.4 Å². The molecule has 1 rings (SSSR count). The van der Waals surface area contributed by atoms with Gasteiger partial charge in [0.1, 0.15) is 12.2 Å². The maximum absolute atomic E-state index is 11.7. The fourth-order valence-corrected chi connectivity index (χ4v) is 2.41. The van der Waals surface area contributed by atoms with E-state index in [1.807, 2.05) is 25.1 Å². The molecule has 1 aromatic rings. The molecule has 0 aliphatic heterocycles. The molecule has 120 valence electrons. The lowest BCUT2D eigenvalue weighted by Crippen LogP contribution is -2.11. The summed E-state index contributed by atoms with van der Waals surface area (Å²) < 4.78 is 4.78. The molecule has 0 saturated heterocycles. The van der Waals surface area contributed by atoms with Crippen LogP contribution in [0.25, 0.3) is 0 Å². The van der Waals surface area contributed by atoms with Gasteiger partial charge in [-0.25, -0.2) is 0 Å². The summed E-state index contributed by atoms with van der Waals surface area (Å²) >= 11 is 0. The summed E-state index contributed by atoms with van der Waals surface area (Å²) in [5.41, 5.74) is 2.51. The lowest BCUT2D eigenvalue weighted by Gasteiger charge is -2.09. The Morgan fingerprint density at radius 1 is 1.18 bits per heavy atom. The smallest absolute Gasteiger partial charge is 0.313 e. The van der Waals surface area contributed by atoms with E-state index in [9.17, 15) is 9.59 Å². The molecule has 0 aliphatic carbocycles. The van der Waals surface area contributed by atoms with Crippen molar-refractivity contribution >= 4 is 11.8 Å². The third-order valence-electron chi connectivity index (χ3n) is 3.41. The maximum Gasteiger partial charge on any atom is 0.313 e. The lowest BCUT2D eigenvalue weighted by atomic mass is 9.97. The largest absolute Gasteiger partial charge is 0.466 e. The Labute approximate surface area is 133 Å². The van der Waals surface area contributed by atoms with Crippen LogP contribution in [0.5, 0.6) is 0 Å². The van der Waals surface area contributed by atoms with Crippen LogP contribution in [-0.2, 0) is 20.7 Å². The van der Waals surface area contributed by atoms with Gasteiger partial charge in [0.05, 0.1) is 6.61 Å². The van der Waals surface area contributed by atoms with Crippen LogP contribution in [0.1, 0.15) is 45.6 Å². The Balaban J connectivity index is 2.35. The van der Waals surface area contributed by atoms with Crippen LogP contribution in [0, 0.1) is 5.92 Å². The highest BCUT2D eigenvalue weighted by atomic mass is 16.5. The standard InChI is InChI=1S/C19H26O3/c1-4-22-19(21)14-18(20)11-10-15(2)12-16(3)13-17-8-6-5-7-9-17/h5-9,12,16H,4,10-11,13-14H2,1-3H3/b15-12+/t16-/m0/s1. The number of hydrogen-bond donors (Lipinski definition) is 0. The summed E-state index contributed by atoms with van der Waals surface area (Å²) in [5.74, 6) is -0.0453. The van der Waals surface area contributed by atoms with Crippen molar-refractivity contribution in [2.45, 2.75) is 46.5 Å². The first-order chi connectivity index (χ1) is 10.5. The van der Waals surface area contributed by atoms with Crippen molar-refractivity contribution in [3.05, 3.63) is 47.5 Å². The van der Waals surface area contributed by atoms with E-state index in [1.54, 1.807) is 6.92 Å². The van der Waals surface area contributed by atoms with E-state index >= 15 is 0 Å². The second-order valence-electron chi connectivity index (χ2n) is 5.70. The van der Waals surface area contributed by atoms with E-state index in [0.717, 1.165) is 6.42 Å². The highest BCUT2D eigenvalue weighted by Crippen LogP contribution is 2.14. The van der Waals surface area contributed by atoms with Crippen molar-refractivity contribution in [2.75, 3.05) is 6.61 Å². The minimum atomic E-state index is -0.424. The molecule has 0 aliphatic rings. The molecule has 0 amide bonds. The number of carbonyl (C=O) groups excluding carboxylic acids is 2. The minimum absolute atomic E-state index is 0.0538. The van der Waals surface area contributed by atoms with Crippen LogP contribution in [0.15, 0.2) is 42.0 Å². The number of esters is 1. The van der Waals surface area contributed by atoms with Gasteiger partial charge in [0.25, 0.3) is 0 Å². The number of hydrogen-bond acceptors (Lipinski definition) is 3. The fourth-order valence-electron chi connectivity index (χ4n) is 2.41. The Bertz CT molecular complexity index is 503. The number of carbonyl (C=O) groups is 2. The van der Waals surface area contributed by atoms with Gasteiger partial charge < -0.3 is 4.74 Å². The maximum atomic E-state index is 11.7. The summed E-state index contributed by atoms with van der Waals surface area (Å²) in [5, 5.41) is 0. The summed E-state index contributed by atoms with van der Waals surface area (Å²) in [6, 6.07) is 10.4. The second kappa shape index (κ2) is 9.93. The molecule has 3 nitrogen and oxygen atoms in total. The van der Waals surface area contributed by atoms with Crippen molar-refractivity contribution < 1.29 is 14.3 Å². The monoisotopic (exact) mass is 302 g/mol. The van der Waals surface area contributed by atoms with Crippen LogP contribution in [0.4, 0.5) is 0 Å². The van der Waals surface area contributed by atoms with Crippen molar-refractivity contribution in [2.24, 2.45) is 5.92 Å². The molecule has 0 spiro atoms. The Morgan fingerprint density at radius 3 is 2.50 bits per heavy atom. The topological polar surface area (TPSA) is 43.4 Å². The highest BCUT2D eigenvalue weighted by Gasteiger charge is 2.10. The van der Waals surface area contributed by atoms with Crippen LogP contribution in [0.3, 0.4) is 0 Å². The zero-order valence-electron chi connectivity index (χ0n) is 13.8. The molecular formula is C19H26O3. The molecule has 1 aromatic carbocycles. The lowest BCUT2D eigenvalue weighted by molar-refractivity contribution is -0.145. The van der Waals surface area contributed by atoms with E-state index in [1.165, 1.54) is 11.1 Å². The molecule has 0 fully saturated rings. The van der Waals surface area contributed by atoms with Crippen molar-refractivity contribution in [3.63, 3.8) is 0 Å².